The molecule has 7 nitrogen and oxygen atoms in total. The van der Waals surface area contributed by atoms with Crippen molar-refractivity contribution in [3.05, 3.63) is 34.4 Å². The van der Waals surface area contributed by atoms with Gasteiger partial charge in [0.15, 0.2) is 0 Å². The van der Waals surface area contributed by atoms with E-state index in [0.29, 0.717) is 38.0 Å². The molecule has 1 aliphatic heterocycles. The normalized spacial score (nSPS) is 29.1. The number of nitro groups is 1. The molecule has 1 aromatic rings. The van der Waals surface area contributed by atoms with E-state index < -0.39 is 0 Å². The number of amides is 1. The van der Waals surface area contributed by atoms with Crippen LogP contribution in [-0.2, 0) is 4.79 Å². The molecular weight excluding hydrogens is 391 g/mol. The van der Waals surface area contributed by atoms with E-state index >= 15 is 0 Å². The molecule has 27 heavy (non-hydrogen) atoms. The van der Waals surface area contributed by atoms with Gasteiger partial charge in [0, 0.05) is 50.0 Å². The van der Waals surface area contributed by atoms with E-state index in [1.807, 2.05) is 11.0 Å². The fourth-order valence-corrected chi connectivity index (χ4v) is 4.90. The number of anilines is 1. The lowest BCUT2D eigenvalue weighted by Crippen LogP contribution is -2.54. The predicted octanol–water partition coefficient (Wildman–Crippen LogP) is 2.46. The monoisotopic (exact) mass is 416 g/mol. The Kier molecular flexibility index (Phi) is 6.94. The van der Waals surface area contributed by atoms with Crippen molar-refractivity contribution >= 4 is 42.1 Å². The van der Waals surface area contributed by atoms with Crippen LogP contribution in [0.25, 0.3) is 0 Å². The fraction of sp³-hybridized carbons (Fsp3) is 0.611. The van der Waals surface area contributed by atoms with E-state index in [0.717, 1.165) is 18.5 Å². The first kappa shape index (κ1) is 21.7. The SMILES string of the molecule is Cl.Cl.NC1C2CCC(C2)C1C(=O)N1CCN(c2cccc([N+](=O)[O-])c2)CC1. The first-order chi connectivity index (χ1) is 12.0. The van der Waals surface area contributed by atoms with Gasteiger partial charge in [-0.3, -0.25) is 14.9 Å². The molecule has 9 heteroatoms. The van der Waals surface area contributed by atoms with Gasteiger partial charge < -0.3 is 15.5 Å². The highest BCUT2D eigenvalue weighted by atomic mass is 35.5. The third-order valence-corrected chi connectivity index (χ3v) is 6.26. The van der Waals surface area contributed by atoms with Crippen LogP contribution < -0.4 is 10.6 Å². The van der Waals surface area contributed by atoms with E-state index in [1.54, 1.807) is 12.1 Å². The molecule has 1 saturated heterocycles. The van der Waals surface area contributed by atoms with Crippen molar-refractivity contribution in [2.24, 2.45) is 23.5 Å². The molecule has 0 radical (unpaired) electrons. The number of rotatable bonds is 3. The van der Waals surface area contributed by atoms with Crippen LogP contribution in [0.1, 0.15) is 19.3 Å². The molecule has 1 amide bonds. The molecule has 2 saturated carbocycles. The average Bonchev–Trinajstić information content (AvgIpc) is 3.22. The molecule has 2 bridgehead atoms. The minimum atomic E-state index is -0.375. The summed E-state index contributed by atoms with van der Waals surface area (Å²) in [6.07, 6.45) is 3.43. The van der Waals surface area contributed by atoms with Gasteiger partial charge in [0.25, 0.3) is 5.69 Å². The van der Waals surface area contributed by atoms with Gasteiger partial charge in [-0.15, -0.1) is 24.8 Å². The standard InChI is InChI=1S/C18H24N4O3.2ClH/c19-17-13-5-4-12(10-13)16(17)18(23)21-8-6-20(7-9-21)14-2-1-3-15(11-14)22(24)25;;/h1-3,11-13,16-17H,4-10,19H2;2*1H. The van der Waals surface area contributed by atoms with Gasteiger partial charge in [-0.1, -0.05) is 6.07 Å². The lowest BCUT2D eigenvalue weighted by atomic mass is 9.84. The van der Waals surface area contributed by atoms with E-state index in [1.165, 1.54) is 12.5 Å². The number of carbonyl (C=O) groups excluding carboxylic acids is 1. The van der Waals surface area contributed by atoms with Gasteiger partial charge in [-0.05, 0) is 37.2 Å². The Labute approximate surface area is 171 Å². The number of carbonyl (C=O) groups is 1. The molecule has 0 aromatic heterocycles. The van der Waals surface area contributed by atoms with Crippen LogP contribution in [0.5, 0.6) is 0 Å². The average molecular weight is 417 g/mol. The van der Waals surface area contributed by atoms with Crippen molar-refractivity contribution < 1.29 is 9.72 Å². The lowest BCUT2D eigenvalue weighted by molar-refractivity contribution is -0.384. The topological polar surface area (TPSA) is 92.7 Å². The number of halogens is 2. The molecule has 2 aliphatic carbocycles. The number of non-ortho nitro benzene ring substituents is 1. The van der Waals surface area contributed by atoms with Crippen molar-refractivity contribution in [2.45, 2.75) is 25.3 Å². The van der Waals surface area contributed by atoms with Crippen LogP contribution in [0, 0.1) is 27.9 Å². The Hall–Kier alpha value is -1.57. The third-order valence-electron chi connectivity index (χ3n) is 6.26. The summed E-state index contributed by atoms with van der Waals surface area (Å²) in [6, 6.07) is 6.72. The minimum absolute atomic E-state index is 0. The molecule has 0 spiro atoms. The zero-order chi connectivity index (χ0) is 17.6. The Morgan fingerprint density at radius 3 is 2.37 bits per heavy atom. The molecule has 3 fully saturated rings. The van der Waals surface area contributed by atoms with Crippen molar-refractivity contribution in [1.29, 1.82) is 0 Å². The Bertz CT molecular complexity index is 695. The molecule has 3 aliphatic rings. The predicted molar refractivity (Wildman–Crippen MR) is 109 cm³/mol. The van der Waals surface area contributed by atoms with Crippen LogP contribution in [0.2, 0.25) is 0 Å². The molecular formula is C18H26Cl2N4O3. The maximum absolute atomic E-state index is 12.9. The Morgan fingerprint density at radius 1 is 1.11 bits per heavy atom. The highest BCUT2D eigenvalue weighted by Crippen LogP contribution is 2.48. The van der Waals surface area contributed by atoms with E-state index in [4.69, 9.17) is 5.73 Å². The molecule has 1 aromatic carbocycles. The maximum atomic E-state index is 12.9. The van der Waals surface area contributed by atoms with Crippen molar-refractivity contribution in [3.8, 4) is 0 Å². The maximum Gasteiger partial charge on any atom is 0.271 e. The number of fused-ring (bicyclic) bond motifs is 2. The smallest absolute Gasteiger partial charge is 0.271 e. The minimum Gasteiger partial charge on any atom is -0.368 e. The number of nitrogens with zero attached hydrogens (tertiary/aromatic N) is 3. The number of hydrogen-bond donors (Lipinski definition) is 1. The lowest BCUT2D eigenvalue weighted by Gasteiger charge is -2.39. The van der Waals surface area contributed by atoms with Crippen LogP contribution in [-0.4, -0.2) is 48.0 Å². The number of benzene rings is 1. The van der Waals surface area contributed by atoms with Gasteiger partial charge in [-0.25, -0.2) is 0 Å². The summed E-state index contributed by atoms with van der Waals surface area (Å²) in [5.74, 6) is 1.23. The van der Waals surface area contributed by atoms with Crippen LogP contribution in [0.15, 0.2) is 24.3 Å². The molecule has 1 heterocycles. The van der Waals surface area contributed by atoms with Crippen LogP contribution in [0.4, 0.5) is 11.4 Å². The fourth-order valence-electron chi connectivity index (χ4n) is 4.90. The van der Waals surface area contributed by atoms with Crippen molar-refractivity contribution in [2.75, 3.05) is 31.1 Å². The third kappa shape index (κ3) is 4.00. The van der Waals surface area contributed by atoms with Crippen LogP contribution in [0.3, 0.4) is 0 Å². The Morgan fingerprint density at radius 2 is 1.78 bits per heavy atom. The first-order valence-corrected chi connectivity index (χ1v) is 9.08. The van der Waals surface area contributed by atoms with Gasteiger partial charge >= 0.3 is 0 Å². The van der Waals surface area contributed by atoms with Gasteiger partial charge in [-0.2, -0.15) is 0 Å². The Balaban J connectivity index is 0.00000131. The van der Waals surface area contributed by atoms with Gasteiger partial charge in [0.05, 0.1) is 10.8 Å². The summed E-state index contributed by atoms with van der Waals surface area (Å²) >= 11 is 0. The highest BCUT2D eigenvalue weighted by molar-refractivity contribution is 5.85. The zero-order valence-electron chi connectivity index (χ0n) is 15.0. The second-order valence-electron chi connectivity index (χ2n) is 7.53. The zero-order valence-corrected chi connectivity index (χ0v) is 16.7. The summed E-state index contributed by atoms with van der Waals surface area (Å²) in [6.45, 7) is 2.70. The second kappa shape index (κ2) is 8.63. The molecule has 150 valence electrons. The molecule has 4 unspecified atom stereocenters. The molecule has 4 atom stereocenters. The van der Waals surface area contributed by atoms with Crippen molar-refractivity contribution in [1.82, 2.24) is 4.90 Å². The quantitative estimate of drug-likeness (QED) is 0.603. The largest absolute Gasteiger partial charge is 0.368 e. The van der Waals surface area contributed by atoms with E-state index in [9.17, 15) is 14.9 Å². The summed E-state index contributed by atoms with van der Waals surface area (Å²) in [5, 5.41) is 10.9. The van der Waals surface area contributed by atoms with Gasteiger partial charge in [0.2, 0.25) is 5.91 Å². The second-order valence-corrected chi connectivity index (χ2v) is 7.53. The number of hydrogen-bond acceptors (Lipinski definition) is 5. The molecule has 4 rings (SSSR count). The van der Waals surface area contributed by atoms with E-state index in [2.05, 4.69) is 4.90 Å². The summed E-state index contributed by atoms with van der Waals surface area (Å²) < 4.78 is 0. The molecule has 2 N–H and O–H groups in total. The summed E-state index contributed by atoms with van der Waals surface area (Å²) in [4.78, 5) is 27.5. The number of nitrogens with two attached hydrogens (primary N) is 1. The van der Waals surface area contributed by atoms with Crippen LogP contribution >= 0.6 is 24.8 Å². The summed E-state index contributed by atoms with van der Waals surface area (Å²) in [7, 11) is 0. The first-order valence-electron chi connectivity index (χ1n) is 9.08. The summed E-state index contributed by atoms with van der Waals surface area (Å²) in [5.41, 5.74) is 7.26. The van der Waals surface area contributed by atoms with E-state index in [-0.39, 0.29) is 53.3 Å². The number of nitro benzene ring substituents is 1. The number of piperazine rings is 1. The van der Waals surface area contributed by atoms with Gasteiger partial charge in [0.1, 0.15) is 0 Å². The highest BCUT2D eigenvalue weighted by Gasteiger charge is 2.50. The van der Waals surface area contributed by atoms with Crippen molar-refractivity contribution in [3.63, 3.8) is 0 Å².